The maximum absolute atomic E-state index is 13.1. The van der Waals surface area contributed by atoms with Gasteiger partial charge in [-0.15, -0.1) is 0 Å². The predicted molar refractivity (Wildman–Crippen MR) is 76.7 cm³/mol. The monoisotopic (exact) mass is 322 g/mol. The van der Waals surface area contributed by atoms with Crippen LogP contribution in [0.3, 0.4) is 0 Å². The van der Waals surface area contributed by atoms with Crippen LogP contribution in [0.5, 0.6) is 5.75 Å². The van der Waals surface area contributed by atoms with E-state index in [4.69, 9.17) is 10.6 Å². The Kier molecular flexibility index (Phi) is 4.52. The van der Waals surface area contributed by atoms with E-state index in [0.717, 1.165) is 15.6 Å². The molecule has 0 aliphatic rings. The molecular weight excluding hydrogens is 311 g/mol. The zero-order chi connectivity index (χ0) is 13.7. The largest absolute Gasteiger partial charge is 0.489 e. The number of nitrogens with two attached hydrogens (primary N) is 1. The highest BCUT2D eigenvalue weighted by Crippen LogP contribution is 2.20. The van der Waals surface area contributed by atoms with Crippen molar-refractivity contribution in [2.75, 3.05) is 0 Å². The third kappa shape index (κ3) is 3.79. The summed E-state index contributed by atoms with van der Waals surface area (Å²) in [6, 6.07) is 11.8. The molecule has 2 aromatic rings. The Balaban J connectivity index is 2.04. The van der Waals surface area contributed by atoms with E-state index in [1.165, 1.54) is 12.1 Å². The summed E-state index contributed by atoms with van der Waals surface area (Å²) < 4.78 is 19.5. The molecule has 0 aromatic heterocycles. The fourth-order valence-corrected chi connectivity index (χ4v) is 1.91. The van der Waals surface area contributed by atoms with Crippen LogP contribution in [0.4, 0.5) is 4.39 Å². The standard InChI is InChI=1S/C14H12BrFN2O/c15-14-6-3-12(16)7-11(14)9-19-13-4-1-10(2-5-13)8-18-17/h1-8H,9,17H2. The van der Waals surface area contributed by atoms with Gasteiger partial charge in [0.1, 0.15) is 18.2 Å². The van der Waals surface area contributed by atoms with Crippen LogP contribution in [0.15, 0.2) is 52.0 Å². The van der Waals surface area contributed by atoms with Crippen molar-refractivity contribution < 1.29 is 9.13 Å². The Morgan fingerprint density at radius 3 is 2.63 bits per heavy atom. The lowest BCUT2D eigenvalue weighted by Crippen LogP contribution is -1.97. The highest BCUT2D eigenvalue weighted by atomic mass is 79.9. The summed E-state index contributed by atoms with van der Waals surface area (Å²) in [5.41, 5.74) is 1.65. The van der Waals surface area contributed by atoms with Gasteiger partial charge in [0, 0.05) is 10.0 Å². The molecule has 0 aliphatic heterocycles. The second-order valence-electron chi connectivity index (χ2n) is 3.87. The molecule has 5 heteroatoms. The molecule has 0 saturated carbocycles. The highest BCUT2D eigenvalue weighted by molar-refractivity contribution is 9.10. The summed E-state index contributed by atoms with van der Waals surface area (Å²) in [7, 11) is 0. The molecule has 0 spiro atoms. The van der Waals surface area contributed by atoms with E-state index in [1.807, 2.05) is 24.3 Å². The summed E-state index contributed by atoms with van der Waals surface area (Å²) in [5.74, 6) is 5.48. The third-order valence-corrected chi connectivity index (χ3v) is 3.28. The molecule has 2 aromatic carbocycles. The van der Waals surface area contributed by atoms with Crippen molar-refractivity contribution in [3.63, 3.8) is 0 Å². The summed E-state index contributed by atoms with van der Waals surface area (Å²) in [6.07, 6.45) is 1.55. The highest BCUT2D eigenvalue weighted by Gasteiger charge is 2.03. The van der Waals surface area contributed by atoms with Gasteiger partial charge >= 0.3 is 0 Å². The zero-order valence-electron chi connectivity index (χ0n) is 10.0. The second-order valence-corrected chi connectivity index (χ2v) is 4.73. The van der Waals surface area contributed by atoms with Crippen molar-refractivity contribution in [3.8, 4) is 5.75 Å². The molecule has 0 saturated heterocycles. The normalized spacial score (nSPS) is 10.8. The average Bonchev–Trinajstić information content (AvgIpc) is 2.42. The van der Waals surface area contributed by atoms with Gasteiger partial charge in [-0.1, -0.05) is 15.9 Å². The van der Waals surface area contributed by atoms with E-state index in [9.17, 15) is 4.39 Å². The van der Waals surface area contributed by atoms with Gasteiger partial charge in [0.15, 0.2) is 0 Å². The summed E-state index contributed by atoms with van der Waals surface area (Å²) in [4.78, 5) is 0. The number of ether oxygens (including phenoxy) is 1. The van der Waals surface area contributed by atoms with E-state index in [0.29, 0.717) is 12.4 Å². The van der Waals surface area contributed by atoms with Gasteiger partial charge in [0.25, 0.3) is 0 Å². The molecule has 3 nitrogen and oxygen atoms in total. The van der Waals surface area contributed by atoms with E-state index in [2.05, 4.69) is 21.0 Å². The average molecular weight is 323 g/mol. The molecule has 2 N–H and O–H groups in total. The SMILES string of the molecule is NN=Cc1ccc(OCc2cc(F)ccc2Br)cc1. The van der Waals surface area contributed by atoms with Gasteiger partial charge in [-0.05, 0) is 48.0 Å². The van der Waals surface area contributed by atoms with Crippen LogP contribution < -0.4 is 10.6 Å². The van der Waals surface area contributed by atoms with E-state index in [1.54, 1.807) is 12.3 Å². The number of hydrogen-bond donors (Lipinski definition) is 1. The molecule has 0 fully saturated rings. The number of hydrogen-bond acceptors (Lipinski definition) is 3. The van der Waals surface area contributed by atoms with Gasteiger partial charge < -0.3 is 10.6 Å². The van der Waals surface area contributed by atoms with Crippen molar-refractivity contribution in [3.05, 3.63) is 63.9 Å². The lowest BCUT2D eigenvalue weighted by atomic mass is 10.2. The van der Waals surface area contributed by atoms with Crippen LogP contribution in [0.1, 0.15) is 11.1 Å². The number of benzene rings is 2. The number of hydrazone groups is 1. The Labute approximate surface area is 119 Å². The maximum Gasteiger partial charge on any atom is 0.123 e. The van der Waals surface area contributed by atoms with Gasteiger partial charge in [-0.2, -0.15) is 5.10 Å². The first-order chi connectivity index (χ1) is 9.19. The van der Waals surface area contributed by atoms with E-state index < -0.39 is 0 Å². The van der Waals surface area contributed by atoms with Crippen molar-refractivity contribution in [2.24, 2.45) is 10.9 Å². The molecular formula is C14H12BrFN2O. The molecule has 0 unspecified atom stereocenters. The summed E-state index contributed by atoms with van der Waals surface area (Å²) in [6.45, 7) is 0.294. The lowest BCUT2D eigenvalue weighted by molar-refractivity contribution is 0.305. The van der Waals surface area contributed by atoms with Crippen LogP contribution >= 0.6 is 15.9 Å². The summed E-state index contributed by atoms with van der Waals surface area (Å²) in [5, 5.41) is 3.44. The number of nitrogens with zero attached hydrogens (tertiary/aromatic N) is 1. The fourth-order valence-electron chi connectivity index (χ4n) is 1.55. The smallest absolute Gasteiger partial charge is 0.123 e. The Hall–Kier alpha value is -1.88. The van der Waals surface area contributed by atoms with Gasteiger partial charge in [-0.25, -0.2) is 4.39 Å². The van der Waals surface area contributed by atoms with Crippen molar-refractivity contribution in [1.82, 2.24) is 0 Å². The minimum Gasteiger partial charge on any atom is -0.489 e. The Morgan fingerprint density at radius 2 is 1.95 bits per heavy atom. The van der Waals surface area contributed by atoms with Crippen molar-refractivity contribution in [1.29, 1.82) is 0 Å². The molecule has 0 atom stereocenters. The van der Waals surface area contributed by atoms with E-state index in [-0.39, 0.29) is 5.82 Å². The van der Waals surface area contributed by atoms with Gasteiger partial charge in [0.2, 0.25) is 0 Å². The summed E-state index contributed by atoms with van der Waals surface area (Å²) >= 11 is 3.36. The first-order valence-corrected chi connectivity index (χ1v) is 6.38. The van der Waals surface area contributed by atoms with Crippen LogP contribution in [0.2, 0.25) is 0 Å². The molecule has 0 aliphatic carbocycles. The van der Waals surface area contributed by atoms with Crippen LogP contribution in [-0.4, -0.2) is 6.21 Å². The Bertz CT molecular complexity index is 584. The van der Waals surface area contributed by atoms with Crippen molar-refractivity contribution >= 4 is 22.1 Å². The molecule has 0 heterocycles. The molecule has 0 radical (unpaired) electrons. The third-order valence-electron chi connectivity index (χ3n) is 2.51. The number of halogens is 2. The molecule has 98 valence electrons. The molecule has 0 amide bonds. The fraction of sp³-hybridized carbons (Fsp3) is 0.0714. The van der Waals surface area contributed by atoms with Crippen LogP contribution in [0, 0.1) is 5.82 Å². The maximum atomic E-state index is 13.1. The lowest BCUT2D eigenvalue weighted by Gasteiger charge is -2.08. The topological polar surface area (TPSA) is 47.6 Å². The predicted octanol–water partition coefficient (Wildman–Crippen LogP) is 3.46. The zero-order valence-corrected chi connectivity index (χ0v) is 11.6. The van der Waals surface area contributed by atoms with Gasteiger partial charge in [-0.3, -0.25) is 0 Å². The number of rotatable bonds is 4. The first-order valence-electron chi connectivity index (χ1n) is 5.59. The minimum atomic E-state index is -0.281. The first kappa shape index (κ1) is 13.5. The van der Waals surface area contributed by atoms with Crippen LogP contribution in [0.25, 0.3) is 0 Å². The minimum absolute atomic E-state index is 0.281. The van der Waals surface area contributed by atoms with Gasteiger partial charge in [0.05, 0.1) is 6.21 Å². The molecule has 0 bridgehead atoms. The molecule has 2 rings (SSSR count). The van der Waals surface area contributed by atoms with Crippen LogP contribution in [-0.2, 0) is 6.61 Å². The van der Waals surface area contributed by atoms with E-state index >= 15 is 0 Å². The molecule has 19 heavy (non-hydrogen) atoms. The second kappa shape index (κ2) is 6.33. The quantitative estimate of drug-likeness (QED) is 0.532. The van der Waals surface area contributed by atoms with Crippen molar-refractivity contribution in [2.45, 2.75) is 6.61 Å². The Morgan fingerprint density at radius 1 is 1.21 bits per heavy atom.